The number of nitrogens with zero attached hydrogens (tertiary/aromatic N) is 2. The van der Waals surface area contributed by atoms with E-state index in [1.165, 1.54) is 0 Å². The number of ether oxygens (including phenoxy) is 1. The van der Waals surface area contributed by atoms with Crippen molar-refractivity contribution in [3.8, 4) is 0 Å². The minimum absolute atomic E-state index is 0.0795. The van der Waals surface area contributed by atoms with Gasteiger partial charge in [-0.1, -0.05) is 25.8 Å². The molecule has 0 unspecified atom stereocenters. The Labute approximate surface area is 190 Å². The smallest absolute Gasteiger partial charge is 0.334 e. The summed E-state index contributed by atoms with van der Waals surface area (Å²) in [5, 5.41) is 22.2. The number of hydrogen-bond acceptors (Lipinski definition) is 4. The van der Waals surface area contributed by atoms with E-state index in [2.05, 4.69) is 18.0 Å². The zero-order valence-corrected chi connectivity index (χ0v) is 19.3. The Kier molecular flexibility index (Phi) is 5.21. The maximum atomic E-state index is 12.6. The fourth-order valence-electron chi connectivity index (χ4n) is 8.24. The average molecular weight is 444 g/mol. The standard InChI is InChI=1S/C25H37N3O4/c1-16-8-9-17-12-19-20(21(29)30)24(31,15-32-18-6-3-4-7-18)13-25(16,19)23(17)10-5-11-28(14-23)22(26)27-2/h5,11,16-18,31H,3-4,6-10,12-15H2,1-2H3,(H2,26,27)(H,29,30)/t16-,17-,23-,24+,25+/m1/s1. The minimum Gasteiger partial charge on any atom is -0.478 e. The van der Waals surface area contributed by atoms with Crippen molar-refractivity contribution in [1.82, 2.24) is 4.90 Å². The van der Waals surface area contributed by atoms with Crippen LogP contribution in [-0.4, -0.2) is 58.9 Å². The quantitative estimate of drug-likeness (QED) is 0.455. The van der Waals surface area contributed by atoms with Crippen LogP contribution in [-0.2, 0) is 9.53 Å². The lowest BCUT2D eigenvalue weighted by Gasteiger charge is -2.58. The van der Waals surface area contributed by atoms with E-state index >= 15 is 0 Å². The predicted octanol–water partition coefficient (Wildman–Crippen LogP) is 3.05. The van der Waals surface area contributed by atoms with E-state index in [1.807, 2.05) is 11.1 Å². The molecule has 5 rings (SSSR count). The number of aliphatic carboxylic acids is 1. The van der Waals surface area contributed by atoms with Gasteiger partial charge in [0.15, 0.2) is 5.96 Å². The van der Waals surface area contributed by atoms with Crippen LogP contribution in [0.3, 0.4) is 0 Å². The molecule has 0 aromatic carbocycles. The van der Waals surface area contributed by atoms with Crippen molar-refractivity contribution in [3.63, 3.8) is 0 Å². The number of allylic oxidation sites excluding steroid dienone is 2. The van der Waals surface area contributed by atoms with Crippen LogP contribution in [0.1, 0.15) is 64.7 Å². The summed E-state index contributed by atoms with van der Waals surface area (Å²) in [5.74, 6) is 0.179. The third kappa shape index (κ3) is 2.86. The molecule has 0 radical (unpaired) electrons. The molecule has 32 heavy (non-hydrogen) atoms. The van der Waals surface area contributed by atoms with Gasteiger partial charge in [0.1, 0.15) is 5.60 Å². The molecule has 2 bridgehead atoms. The molecule has 0 aromatic heterocycles. The third-order valence-corrected chi connectivity index (χ3v) is 9.60. The summed E-state index contributed by atoms with van der Waals surface area (Å²) < 4.78 is 6.15. The number of hydrogen-bond donors (Lipinski definition) is 3. The molecule has 0 amide bonds. The number of nitrogens with two attached hydrogens (primary N) is 1. The Hall–Kier alpha value is -1.86. The van der Waals surface area contributed by atoms with Gasteiger partial charge in [-0.15, -0.1) is 0 Å². The number of rotatable bonds is 4. The van der Waals surface area contributed by atoms with Crippen LogP contribution >= 0.6 is 0 Å². The van der Waals surface area contributed by atoms with E-state index < -0.39 is 11.6 Å². The highest BCUT2D eigenvalue weighted by Crippen LogP contribution is 2.76. The van der Waals surface area contributed by atoms with Crippen molar-refractivity contribution in [1.29, 1.82) is 0 Å². The molecule has 176 valence electrons. The first-order valence-electron chi connectivity index (χ1n) is 12.2. The second-order valence-corrected chi connectivity index (χ2v) is 10.9. The fourth-order valence-corrected chi connectivity index (χ4v) is 8.24. The van der Waals surface area contributed by atoms with Gasteiger partial charge in [-0.2, -0.15) is 0 Å². The summed E-state index contributed by atoms with van der Waals surface area (Å²) >= 11 is 0. The number of carboxylic acids is 1. The highest BCUT2D eigenvalue weighted by molar-refractivity contribution is 5.92. The number of carbonyl (C=O) groups is 1. The molecule has 0 aromatic rings. The average Bonchev–Trinajstić information content (AvgIpc) is 3.41. The zero-order chi connectivity index (χ0) is 22.7. The maximum Gasteiger partial charge on any atom is 0.334 e. The molecule has 3 fully saturated rings. The van der Waals surface area contributed by atoms with E-state index in [9.17, 15) is 15.0 Å². The Morgan fingerprint density at radius 1 is 1.31 bits per heavy atom. The number of aliphatic imine (C=N–C) groups is 1. The summed E-state index contributed by atoms with van der Waals surface area (Å²) in [6.45, 7) is 3.06. The van der Waals surface area contributed by atoms with Gasteiger partial charge in [-0.25, -0.2) is 4.79 Å². The highest BCUT2D eigenvalue weighted by Gasteiger charge is 2.73. The molecule has 5 aliphatic rings. The first-order valence-corrected chi connectivity index (χ1v) is 12.2. The van der Waals surface area contributed by atoms with Gasteiger partial charge in [0.05, 0.1) is 18.3 Å². The van der Waals surface area contributed by atoms with E-state index in [4.69, 9.17) is 10.5 Å². The lowest BCUT2D eigenvalue weighted by molar-refractivity contribution is -0.139. The first-order chi connectivity index (χ1) is 15.3. The highest BCUT2D eigenvalue weighted by atomic mass is 16.5. The van der Waals surface area contributed by atoms with Crippen molar-refractivity contribution >= 4 is 11.9 Å². The molecule has 7 heteroatoms. The van der Waals surface area contributed by atoms with Gasteiger partial charge in [0.2, 0.25) is 0 Å². The fraction of sp³-hybridized carbons (Fsp3) is 0.760. The lowest BCUT2D eigenvalue weighted by atomic mass is 9.49. The number of aliphatic hydroxyl groups is 1. The molecule has 7 nitrogen and oxygen atoms in total. The molecule has 3 saturated carbocycles. The minimum atomic E-state index is -1.44. The van der Waals surface area contributed by atoms with Gasteiger partial charge in [-0.3, -0.25) is 4.99 Å². The SMILES string of the molecule is CN=C(N)N1C=CC[C@@]2(C1)[C@@H]1CC[C@@H](C)[C@]23C[C@](O)(COC2CCCC2)C(C(=O)O)=C3C1. The number of carboxylic acid groups (broad SMARTS) is 1. The molecule has 4 N–H and O–H groups in total. The summed E-state index contributed by atoms with van der Waals surface area (Å²) in [7, 11) is 1.70. The molecule has 5 atom stereocenters. The van der Waals surface area contributed by atoms with Crippen molar-refractivity contribution in [2.45, 2.75) is 76.4 Å². The zero-order valence-electron chi connectivity index (χ0n) is 19.3. The summed E-state index contributed by atoms with van der Waals surface area (Å²) in [4.78, 5) is 18.8. The third-order valence-electron chi connectivity index (χ3n) is 9.60. The molecule has 1 aliphatic heterocycles. The first kappa shape index (κ1) is 22.0. The van der Waals surface area contributed by atoms with Crippen LogP contribution in [0.25, 0.3) is 0 Å². The summed E-state index contributed by atoms with van der Waals surface area (Å²) in [5.41, 5.74) is 5.48. The van der Waals surface area contributed by atoms with Crippen molar-refractivity contribution in [2.24, 2.45) is 33.4 Å². The Balaban J connectivity index is 1.58. The molecular formula is C25H37N3O4. The second-order valence-electron chi connectivity index (χ2n) is 10.9. The number of guanidine groups is 1. The van der Waals surface area contributed by atoms with E-state index in [1.54, 1.807) is 7.05 Å². The van der Waals surface area contributed by atoms with Crippen LogP contribution in [0.5, 0.6) is 0 Å². The van der Waals surface area contributed by atoms with Gasteiger partial charge < -0.3 is 25.6 Å². The van der Waals surface area contributed by atoms with Gasteiger partial charge in [0, 0.05) is 30.6 Å². The Morgan fingerprint density at radius 3 is 2.75 bits per heavy atom. The molecular weight excluding hydrogens is 406 g/mol. The van der Waals surface area contributed by atoms with Crippen LogP contribution in [0, 0.1) is 22.7 Å². The van der Waals surface area contributed by atoms with Gasteiger partial charge >= 0.3 is 5.97 Å². The Bertz CT molecular complexity index is 892. The van der Waals surface area contributed by atoms with E-state index in [0.29, 0.717) is 24.2 Å². The van der Waals surface area contributed by atoms with Gasteiger partial charge in [-0.05, 0) is 62.4 Å². The van der Waals surface area contributed by atoms with Crippen molar-refractivity contribution in [3.05, 3.63) is 23.4 Å². The summed E-state index contributed by atoms with van der Waals surface area (Å²) in [6.07, 6.45) is 12.8. The van der Waals surface area contributed by atoms with Crippen LogP contribution in [0.15, 0.2) is 28.4 Å². The molecule has 0 saturated heterocycles. The molecule has 2 spiro atoms. The van der Waals surface area contributed by atoms with Crippen molar-refractivity contribution < 1.29 is 19.7 Å². The van der Waals surface area contributed by atoms with Crippen molar-refractivity contribution in [2.75, 3.05) is 20.2 Å². The van der Waals surface area contributed by atoms with Crippen LogP contribution in [0.4, 0.5) is 0 Å². The van der Waals surface area contributed by atoms with Gasteiger partial charge in [0.25, 0.3) is 0 Å². The normalized spacial score (nSPS) is 41.7. The van der Waals surface area contributed by atoms with E-state index in [0.717, 1.165) is 63.5 Å². The second kappa shape index (κ2) is 7.59. The molecule has 4 aliphatic carbocycles. The molecule has 1 heterocycles. The maximum absolute atomic E-state index is 12.6. The van der Waals surface area contributed by atoms with E-state index in [-0.39, 0.29) is 29.1 Å². The summed E-state index contributed by atoms with van der Waals surface area (Å²) in [6, 6.07) is 0. The largest absolute Gasteiger partial charge is 0.478 e. The van der Waals surface area contributed by atoms with Crippen LogP contribution in [0.2, 0.25) is 0 Å². The predicted molar refractivity (Wildman–Crippen MR) is 122 cm³/mol. The topological polar surface area (TPSA) is 108 Å². The Morgan fingerprint density at radius 2 is 2.06 bits per heavy atom. The van der Waals surface area contributed by atoms with Crippen LogP contribution < -0.4 is 5.73 Å². The lowest BCUT2D eigenvalue weighted by Crippen LogP contribution is -2.58. The monoisotopic (exact) mass is 443 g/mol.